The molecule has 3 rings (SSSR count). The summed E-state index contributed by atoms with van der Waals surface area (Å²) in [7, 11) is 1.61. The number of methoxy groups -OCH3 is 1. The van der Waals surface area contributed by atoms with Crippen molar-refractivity contribution in [3.8, 4) is 5.88 Å². The van der Waals surface area contributed by atoms with E-state index in [4.69, 9.17) is 4.74 Å². The summed E-state index contributed by atoms with van der Waals surface area (Å²) in [6, 6.07) is 0. The van der Waals surface area contributed by atoms with Crippen molar-refractivity contribution < 1.29 is 4.74 Å². The minimum atomic E-state index is 0.566. The van der Waals surface area contributed by atoms with E-state index in [1.54, 1.807) is 7.11 Å². The smallest absolute Gasteiger partial charge is 0.259 e. The molecule has 0 saturated heterocycles. The number of hydrogen-bond acceptors (Lipinski definition) is 3. The SMILES string of the molecule is COc1nc(Br)cn2cc(C3CC3)nc12. The first-order chi connectivity index (χ1) is 7.28. The molecule has 0 atom stereocenters. The molecular weight excluding hydrogens is 258 g/mol. The molecule has 1 aliphatic rings. The molecule has 4 nitrogen and oxygen atoms in total. The molecule has 0 N–H and O–H groups in total. The third kappa shape index (κ3) is 1.51. The average Bonchev–Trinajstić information content (AvgIpc) is 2.98. The van der Waals surface area contributed by atoms with Crippen molar-refractivity contribution in [3.63, 3.8) is 0 Å². The van der Waals surface area contributed by atoms with Gasteiger partial charge >= 0.3 is 0 Å². The molecule has 5 heteroatoms. The van der Waals surface area contributed by atoms with Crippen LogP contribution in [0.2, 0.25) is 0 Å². The normalized spacial score (nSPS) is 15.9. The summed E-state index contributed by atoms with van der Waals surface area (Å²) in [4.78, 5) is 8.77. The zero-order chi connectivity index (χ0) is 10.4. The summed E-state index contributed by atoms with van der Waals surface area (Å²) in [6.45, 7) is 0. The summed E-state index contributed by atoms with van der Waals surface area (Å²) in [5.74, 6) is 1.21. The molecule has 1 saturated carbocycles. The van der Waals surface area contributed by atoms with Gasteiger partial charge in [0.05, 0.1) is 12.8 Å². The maximum absolute atomic E-state index is 5.20. The number of halogens is 1. The van der Waals surface area contributed by atoms with Gasteiger partial charge in [-0.05, 0) is 28.8 Å². The number of hydrogen-bond donors (Lipinski definition) is 0. The van der Waals surface area contributed by atoms with Gasteiger partial charge in [-0.3, -0.25) is 4.40 Å². The van der Waals surface area contributed by atoms with Crippen LogP contribution >= 0.6 is 15.9 Å². The Balaban J connectivity index is 2.23. The van der Waals surface area contributed by atoms with Gasteiger partial charge in [0.2, 0.25) is 5.65 Å². The van der Waals surface area contributed by atoms with Crippen LogP contribution in [0.1, 0.15) is 24.5 Å². The van der Waals surface area contributed by atoms with E-state index < -0.39 is 0 Å². The Morgan fingerprint density at radius 3 is 2.87 bits per heavy atom. The van der Waals surface area contributed by atoms with Crippen LogP contribution in [0.5, 0.6) is 5.88 Å². The zero-order valence-electron chi connectivity index (χ0n) is 8.27. The molecule has 0 radical (unpaired) electrons. The first kappa shape index (κ1) is 9.15. The largest absolute Gasteiger partial charge is 0.478 e. The Bertz CT molecular complexity index is 519. The molecular formula is C10H10BrN3O. The van der Waals surface area contributed by atoms with E-state index in [1.165, 1.54) is 12.8 Å². The second kappa shape index (κ2) is 3.20. The lowest BCUT2D eigenvalue weighted by Crippen LogP contribution is -1.94. The van der Waals surface area contributed by atoms with Crippen LogP contribution in [0.15, 0.2) is 17.0 Å². The van der Waals surface area contributed by atoms with Crippen LogP contribution in [0.3, 0.4) is 0 Å². The van der Waals surface area contributed by atoms with Crippen molar-refractivity contribution in [2.75, 3.05) is 7.11 Å². The minimum absolute atomic E-state index is 0.566. The van der Waals surface area contributed by atoms with Crippen LogP contribution in [0.25, 0.3) is 5.65 Å². The molecule has 0 bridgehead atoms. The second-order valence-corrected chi connectivity index (χ2v) is 4.56. The first-order valence-corrected chi connectivity index (χ1v) is 5.66. The highest BCUT2D eigenvalue weighted by Gasteiger charge is 2.26. The Hall–Kier alpha value is -1.10. The minimum Gasteiger partial charge on any atom is -0.478 e. The van der Waals surface area contributed by atoms with Gasteiger partial charge in [0, 0.05) is 18.3 Å². The van der Waals surface area contributed by atoms with Gasteiger partial charge in [-0.2, -0.15) is 0 Å². The molecule has 2 aromatic heterocycles. The van der Waals surface area contributed by atoms with Crippen LogP contribution < -0.4 is 4.74 Å². The molecule has 15 heavy (non-hydrogen) atoms. The predicted molar refractivity (Wildman–Crippen MR) is 59.2 cm³/mol. The molecule has 1 fully saturated rings. The van der Waals surface area contributed by atoms with Crippen molar-refractivity contribution in [1.29, 1.82) is 0 Å². The van der Waals surface area contributed by atoms with Gasteiger partial charge in [0.1, 0.15) is 4.60 Å². The quantitative estimate of drug-likeness (QED) is 0.839. The Kier molecular flexibility index (Phi) is 1.95. The van der Waals surface area contributed by atoms with Gasteiger partial charge in [-0.25, -0.2) is 9.97 Å². The van der Waals surface area contributed by atoms with E-state index in [2.05, 4.69) is 32.1 Å². The van der Waals surface area contributed by atoms with Gasteiger partial charge in [0.15, 0.2) is 0 Å². The number of imidazole rings is 1. The third-order valence-electron chi connectivity index (χ3n) is 2.59. The summed E-state index contributed by atoms with van der Waals surface area (Å²) in [5, 5.41) is 0. The average molecular weight is 268 g/mol. The van der Waals surface area contributed by atoms with Crippen LogP contribution in [0.4, 0.5) is 0 Å². The highest BCUT2D eigenvalue weighted by atomic mass is 79.9. The number of rotatable bonds is 2. The molecule has 2 aromatic rings. The lowest BCUT2D eigenvalue weighted by Gasteiger charge is -2.00. The molecule has 0 aromatic carbocycles. The van der Waals surface area contributed by atoms with Crippen molar-refractivity contribution in [3.05, 3.63) is 22.7 Å². The standard InChI is InChI=1S/C10H10BrN3O/c1-15-10-9-12-7(6-2-3-6)4-14(9)5-8(11)13-10/h4-6H,2-3H2,1H3. The number of ether oxygens (including phenoxy) is 1. The molecule has 0 spiro atoms. The predicted octanol–water partition coefficient (Wildman–Crippen LogP) is 2.38. The maximum Gasteiger partial charge on any atom is 0.259 e. The van der Waals surface area contributed by atoms with E-state index in [0.717, 1.165) is 15.9 Å². The highest BCUT2D eigenvalue weighted by molar-refractivity contribution is 9.10. The molecule has 78 valence electrons. The molecule has 0 unspecified atom stereocenters. The Morgan fingerprint density at radius 1 is 1.40 bits per heavy atom. The van der Waals surface area contributed by atoms with Crippen molar-refractivity contribution in [2.24, 2.45) is 0 Å². The third-order valence-corrected chi connectivity index (χ3v) is 2.97. The van der Waals surface area contributed by atoms with Gasteiger partial charge in [-0.1, -0.05) is 0 Å². The lowest BCUT2D eigenvalue weighted by atomic mass is 10.3. The number of aromatic nitrogens is 3. The summed E-state index contributed by atoms with van der Waals surface area (Å²) in [5.41, 5.74) is 1.94. The van der Waals surface area contributed by atoms with Crippen LogP contribution in [-0.4, -0.2) is 21.5 Å². The van der Waals surface area contributed by atoms with E-state index in [-0.39, 0.29) is 0 Å². The Morgan fingerprint density at radius 2 is 2.20 bits per heavy atom. The van der Waals surface area contributed by atoms with Crippen molar-refractivity contribution in [1.82, 2.24) is 14.4 Å². The number of fused-ring (bicyclic) bond motifs is 1. The maximum atomic E-state index is 5.20. The molecule has 2 heterocycles. The highest BCUT2D eigenvalue weighted by Crippen LogP contribution is 2.39. The topological polar surface area (TPSA) is 39.4 Å². The van der Waals surface area contributed by atoms with Crippen LogP contribution in [0, 0.1) is 0 Å². The monoisotopic (exact) mass is 267 g/mol. The fourth-order valence-corrected chi connectivity index (χ4v) is 2.05. The van der Waals surface area contributed by atoms with E-state index in [0.29, 0.717) is 11.8 Å². The van der Waals surface area contributed by atoms with E-state index in [9.17, 15) is 0 Å². The van der Waals surface area contributed by atoms with Crippen LogP contribution in [-0.2, 0) is 0 Å². The van der Waals surface area contributed by atoms with Gasteiger partial charge in [-0.15, -0.1) is 0 Å². The fraction of sp³-hybridized carbons (Fsp3) is 0.400. The Labute approximate surface area is 95.4 Å². The van der Waals surface area contributed by atoms with Crippen molar-refractivity contribution in [2.45, 2.75) is 18.8 Å². The lowest BCUT2D eigenvalue weighted by molar-refractivity contribution is 0.399. The summed E-state index contributed by atoms with van der Waals surface area (Å²) < 4.78 is 7.92. The second-order valence-electron chi connectivity index (χ2n) is 3.74. The molecule has 0 amide bonds. The molecule has 1 aliphatic carbocycles. The summed E-state index contributed by atoms with van der Waals surface area (Å²) >= 11 is 3.35. The summed E-state index contributed by atoms with van der Waals surface area (Å²) in [6.07, 6.45) is 6.46. The van der Waals surface area contributed by atoms with E-state index in [1.807, 2.05) is 10.6 Å². The number of nitrogens with zero attached hydrogens (tertiary/aromatic N) is 3. The fourth-order valence-electron chi connectivity index (χ4n) is 1.67. The zero-order valence-corrected chi connectivity index (χ0v) is 9.86. The van der Waals surface area contributed by atoms with Crippen molar-refractivity contribution >= 4 is 21.6 Å². The molecule has 0 aliphatic heterocycles. The van der Waals surface area contributed by atoms with E-state index >= 15 is 0 Å². The van der Waals surface area contributed by atoms with Gasteiger partial charge in [0.25, 0.3) is 5.88 Å². The van der Waals surface area contributed by atoms with Gasteiger partial charge < -0.3 is 4.74 Å². The first-order valence-electron chi connectivity index (χ1n) is 4.87.